The number of benzene rings is 1. The average molecular weight is 437 g/mol. The Morgan fingerprint density at radius 3 is 2.47 bits per heavy atom. The Kier molecular flexibility index (Phi) is 6.20. The summed E-state index contributed by atoms with van der Waals surface area (Å²) in [6, 6.07) is 12.1. The first-order valence-corrected chi connectivity index (χ1v) is 12.2. The molecule has 5 nitrogen and oxygen atoms in total. The number of nitrogen functional groups attached to an aromatic ring is 1. The lowest BCUT2D eigenvalue weighted by atomic mass is 10.0. The lowest BCUT2D eigenvalue weighted by Crippen LogP contribution is -1.99. The second-order valence-electron chi connectivity index (χ2n) is 7.05. The molecule has 0 amide bonds. The van der Waals surface area contributed by atoms with Gasteiger partial charge >= 0.3 is 0 Å². The van der Waals surface area contributed by atoms with E-state index in [4.69, 9.17) is 10.7 Å². The molecule has 0 aliphatic heterocycles. The number of hydrogen-bond acceptors (Lipinski definition) is 6. The summed E-state index contributed by atoms with van der Waals surface area (Å²) in [6.45, 7) is 4.13. The van der Waals surface area contributed by atoms with Crippen LogP contribution in [0.5, 0.6) is 0 Å². The highest BCUT2D eigenvalue weighted by Crippen LogP contribution is 2.42. The monoisotopic (exact) mass is 436 g/mol. The summed E-state index contributed by atoms with van der Waals surface area (Å²) >= 11 is 1.43. The minimum absolute atomic E-state index is 0.583. The maximum atomic E-state index is 12.9. The molecule has 0 bridgehead atoms. The zero-order valence-corrected chi connectivity index (χ0v) is 18.7. The van der Waals surface area contributed by atoms with Crippen LogP contribution >= 0.6 is 11.3 Å². The first-order valence-electron chi connectivity index (χ1n) is 10.1. The number of rotatable bonds is 7. The van der Waals surface area contributed by atoms with Gasteiger partial charge in [-0.2, -0.15) is 0 Å². The van der Waals surface area contributed by atoms with Crippen molar-refractivity contribution in [2.75, 3.05) is 11.5 Å². The van der Waals surface area contributed by atoms with Gasteiger partial charge in [0.2, 0.25) is 0 Å². The van der Waals surface area contributed by atoms with E-state index in [0.29, 0.717) is 11.4 Å². The zero-order valence-electron chi connectivity index (χ0n) is 17.1. The van der Waals surface area contributed by atoms with Crippen LogP contribution in [0.25, 0.3) is 32.6 Å². The van der Waals surface area contributed by atoms with Crippen LogP contribution in [-0.4, -0.2) is 24.9 Å². The number of pyridine rings is 1. The lowest BCUT2D eigenvalue weighted by Gasteiger charge is -2.09. The van der Waals surface area contributed by atoms with E-state index in [-0.39, 0.29) is 0 Å². The summed E-state index contributed by atoms with van der Waals surface area (Å²) in [5.41, 5.74) is 10.8. The first kappa shape index (κ1) is 20.6. The van der Waals surface area contributed by atoms with E-state index in [2.05, 4.69) is 29.0 Å². The molecule has 0 saturated heterocycles. The second-order valence-corrected chi connectivity index (χ2v) is 9.81. The number of anilines is 1. The van der Waals surface area contributed by atoms with Crippen molar-refractivity contribution < 1.29 is 4.21 Å². The van der Waals surface area contributed by atoms with Crippen molar-refractivity contribution in [2.24, 2.45) is 0 Å². The molecule has 0 spiro atoms. The maximum Gasteiger partial charge on any atom is 0.127 e. The Morgan fingerprint density at radius 2 is 1.80 bits per heavy atom. The fourth-order valence-electron chi connectivity index (χ4n) is 3.30. The third-order valence-electron chi connectivity index (χ3n) is 4.96. The topological polar surface area (TPSA) is 81.8 Å². The number of unbranched alkanes of at least 4 members (excludes halogenated alkanes) is 1. The fraction of sp³-hybridized carbons (Fsp3) is 0.261. The lowest BCUT2D eigenvalue weighted by molar-refractivity contribution is 0.681. The normalized spacial score (nSPS) is 12.3. The van der Waals surface area contributed by atoms with Crippen LogP contribution in [-0.2, 0) is 17.2 Å². The molecule has 4 rings (SSSR count). The highest BCUT2D eigenvalue weighted by atomic mass is 32.2. The molecule has 3 heterocycles. The number of aromatic nitrogens is 3. The highest BCUT2D eigenvalue weighted by molar-refractivity contribution is 7.87. The predicted molar refractivity (Wildman–Crippen MR) is 126 cm³/mol. The molecule has 3 aromatic heterocycles. The van der Waals surface area contributed by atoms with Crippen LogP contribution < -0.4 is 5.73 Å². The molecule has 2 N–H and O–H groups in total. The Morgan fingerprint density at radius 1 is 1.07 bits per heavy atom. The molecule has 0 radical (unpaired) electrons. The molecular weight excluding hydrogens is 412 g/mol. The summed E-state index contributed by atoms with van der Waals surface area (Å²) in [6.07, 6.45) is 6.32. The number of nitrogens with two attached hydrogens (primary N) is 1. The van der Waals surface area contributed by atoms with Crippen molar-refractivity contribution in [1.82, 2.24) is 15.0 Å². The molecule has 154 valence electrons. The number of thiophene rings is 1. The van der Waals surface area contributed by atoms with Crippen LogP contribution in [0.3, 0.4) is 0 Å². The number of nitrogens with zero attached hydrogens (tertiary/aromatic N) is 3. The molecule has 1 aromatic carbocycles. The van der Waals surface area contributed by atoms with Gasteiger partial charge < -0.3 is 5.73 Å². The fourth-order valence-corrected chi connectivity index (χ4v) is 6.10. The standard InChI is InChI=1S/C23H24N4OS2/c1-3-5-11-30(28)23-21(24)20-17(15-9-7-6-8-10-15)12-18(27-22(20)29-23)16-13-25-19(4-2)26-14-16/h6-10,12-14H,3-5,11,24H2,1-2H3/t30-/m1/s1. The molecule has 0 aliphatic carbocycles. The van der Waals surface area contributed by atoms with E-state index in [9.17, 15) is 4.21 Å². The van der Waals surface area contributed by atoms with Crippen LogP contribution in [0.2, 0.25) is 0 Å². The molecule has 0 fully saturated rings. The van der Waals surface area contributed by atoms with E-state index >= 15 is 0 Å². The van der Waals surface area contributed by atoms with Crippen molar-refractivity contribution in [1.29, 1.82) is 0 Å². The SMILES string of the molecule is CCCC[S@@](=O)c1sc2nc(-c3cnc(CC)nc3)cc(-c3ccccc3)c2c1N. The van der Waals surface area contributed by atoms with Gasteiger partial charge in [0.15, 0.2) is 0 Å². The molecule has 0 unspecified atom stereocenters. The average Bonchev–Trinajstić information content (AvgIpc) is 3.14. The molecule has 0 saturated carbocycles. The predicted octanol–water partition coefficient (Wildman–Crippen LogP) is 5.47. The molecule has 0 aliphatic rings. The van der Waals surface area contributed by atoms with E-state index in [1.807, 2.05) is 43.6 Å². The second kappa shape index (κ2) is 9.02. The van der Waals surface area contributed by atoms with Crippen LogP contribution in [0.15, 0.2) is 53.0 Å². The van der Waals surface area contributed by atoms with Crippen molar-refractivity contribution in [3.8, 4) is 22.4 Å². The quantitative estimate of drug-likeness (QED) is 0.415. The van der Waals surface area contributed by atoms with Gasteiger partial charge in [-0.25, -0.2) is 15.0 Å². The Labute approximate surface area is 182 Å². The van der Waals surface area contributed by atoms with Gasteiger partial charge in [0.25, 0.3) is 0 Å². The molecule has 1 atom stereocenters. The smallest absolute Gasteiger partial charge is 0.127 e. The Bertz CT molecular complexity index is 1190. The van der Waals surface area contributed by atoms with Crippen molar-refractivity contribution >= 4 is 38.0 Å². The first-order chi connectivity index (χ1) is 14.6. The van der Waals surface area contributed by atoms with Gasteiger partial charge in [-0.1, -0.05) is 50.6 Å². The van der Waals surface area contributed by atoms with Crippen LogP contribution in [0.1, 0.15) is 32.5 Å². The zero-order chi connectivity index (χ0) is 21.1. The number of hydrogen-bond donors (Lipinski definition) is 1. The molecular formula is C23H24N4OS2. The van der Waals surface area contributed by atoms with E-state index < -0.39 is 10.8 Å². The Hall–Kier alpha value is -2.64. The third-order valence-corrected chi connectivity index (χ3v) is 7.95. The molecule has 7 heteroatoms. The minimum atomic E-state index is -1.12. The van der Waals surface area contributed by atoms with Gasteiger partial charge in [-0.05, 0) is 23.6 Å². The van der Waals surface area contributed by atoms with Gasteiger partial charge in [0.1, 0.15) is 14.9 Å². The van der Waals surface area contributed by atoms with Crippen molar-refractivity contribution in [2.45, 2.75) is 37.3 Å². The summed E-state index contributed by atoms with van der Waals surface area (Å²) < 4.78 is 13.6. The largest absolute Gasteiger partial charge is 0.396 e. The van der Waals surface area contributed by atoms with Gasteiger partial charge in [0.05, 0.1) is 22.2 Å². The molecule has 4 aromatic rings. The minimum Gasteiger partial charge on any atom is -0.396 e. The van der Waals surface area contributed by atoms with Crippen LogP contribution in [0.4, 0.5) is 5.69 Å². The van der Waals surface area contributed by atoms with Gasteiger partial charge in [0, 0.05) is 35.5 Å². The van der Waals surface area contributed by atoms with E-state index in [1.165, 1.54) is 11.3 Å². The maximum absolute atomic E-state index is 12.9. The van der Waals surface area contributed by atoms with Crippen LogP contribution in [0, 0.1) is 0 Å². The summed E-state index contributed by atoms with van der Waals surface area (Å²) in [5, 5.41) is 0.876. The number of fused-ring (bicyclic) bond motifs is 1. The van der Waals surface area contributed by atoms with Crippen molar-refractivity contribution in [3.63, 3.8) is 0 Å². The molecule has 30 heavy (non-hydrogen) atoms. The summed E-state index contributed by atoms with van der Waals surface area (Å²) in [4.78, 5) is 14.5. The summed E-state index contributed by atoms with van der Waals surface area (Å²) in [5.74, 6) is 1.42. The van der Waals surface area contributed by atoms with Gasteiger partial charge in [-0.3, -0.25) is 4.21 Å². The summed E-state index contributed by atoms with van der Waals surface area (Å²) in [7, 11) is -1.12. The number of aryl methyl sites for hydroxylation is 1. The van der Waals surface area contributed by atoms with Crippen molar-refractivity contribution in [3.05, 3.63) is 54.6 Å². The highest BCUT2D eigenvalue weighted by Gasteiger charge is 2.20. The third kappa shape index (κ3) is 4.00. The Balaban J connectivity index is 1.92. The van der Waals surface area contributed by atoms with Gasteiger partial charge in [-0.15, -0.1) is 11.3 Å². The van der Waals surface area contributed by atoms with E-state index in [0.717, 1.165) is 61.9 Å². The van der Waals surface area contributed by atoms with E-state index in [1.54, 1.807) is 0 Å².